The number of ether oxygens (including phenoxy) is 1. The van der Waals surface area contributed by atoms with Gasteiger partial charge in [0.25, 0.3) is 5.91 Å². The van der Waals surface area contributed by atoms with Gasteiger partial charge in [0, 0.05) is 10.2 Å². The van der Waals surface area contributed by atoms with Gasteiger partial charge in [-0.2, -0.15) is 0 Å². The van der Waals surface area contributed by atoms with E-state index in [2.05, 4.69) is 36.8 Å². The summed E-state index contributed by atoms with van der Waals surface area (Å²) >= 11 is 10.8. The van der Waals surface area contributed by atoms with Gasteiger partial charge in [0.1, 0.15) is 5.75 Å². The van der Waals surface area contributed by atoms with Crippen molar-refractivity contribution in [2.45, 2.75) is 25.5 Å². The summed E-state index contributed by atoms with van der Waals surface area (Å²) in [7, 11) is 1.57. The lowest BCUT2D eigenvalue weighted by molar-refractivity contribution is -0.113. The number of para-hydroxylation sites is 2. The lowest BCUT2D eigenvalue weighted by Gasteiger charge is -2.14. The van der Waals surface area contributed by atoms with Crippen LogP contribution in [0.25, 0.3) is 5.69 Å². The number of anilines is 1. The maximum Gasteiger partial charge on any atom is 0.253 e. The Morgan fingerprint density at radius 3 is 2.66 bits per heavy atom. The van der Waals surface area contributed by atoms with Gasteiger partial charge < -0.3 is 15.4 Å². The molecule has 0 saturated carbocycles. The fourth-order valence-corrected chi connectivity index (χ4v) is 5.01. The SMILES string of the molecule is COc1ccccc1-n1c(CNC(=O)c2cc(Br)ccc2Cl)nnc1SCC(=O)Nc1cc(C)ccc1C. The largest absolute Gasteiger partial charge is 0.495 e. The molecule has 1 aromatic heterocycles. The normalized spacial score (nSPS) is 10.8. The van der Waals surface area contributed by atoms with Crippen LogP contribution in [-0.4, -0.2) is 39.4 Å². The van der Waals surface area contributed by atoms with Crippen LogP contribution in [0.1, 0.15) is 27.3 Å². The predicted octanol–water partition coefficient (Wildman–Crippen LogP) is 5.97. The van der Waals surface area contributed by atoms with Gasteiger partial charge in [0.2, 0.25) is 5.91 Å². The van der Waals surface area contributed by atoms with Gasteiger partial charge in [-0.15, -0.1) is 10.2 Å². The monoisotopic (exact) mass is 613 g/mol. The summed E-state index contributed by atoms with van der Waals surface area (Å²) in [5.41, 5.74) is 3.83. The minimum atomic E-state index is -0.354. The van der Waals surface area contributed by atoms with Crippen molar-refractivity contribution >= 4 is 56.8 Å². The number of thioether (sulfide) groups is 1. The number of nitrogens with one attached hydrogen (secondary N) is 2. The molecule has 2 N–H and O–H groups in total. The summed E-state index contributed by atoms with van der Waals surface area (Å²) in [6.45, 7) is 3.99. The number of hydrogen-bond acceptors (Lipinski definition) is 6. The van der Waals surface area contributed by atoms with Crippen LogP contribution < -0.4 is 15.4 Å². The van der Waals surface area contributed by atoms with Gasteiger partial charge in [-0.3, -0.25) is 14.2 Å². The number of rotatable bonds is 9. The predicted molar refractivity (Wildman–Crippen MR) is 154 cm³/mol. The molecule has 0 bridgehead atoms. The van der Waals surface area contributed by atoms with Crippen molar-refractivity contribution in [3.8, 4) is 11.4 Å². The topological polar surface area (TPSA) is 98.1 Å². The summed E-state index contributed by atoms with van der Waals surface area (Å²) in [5, 5.41) is 15.3. The van der Waals surface area contributed by atoms with E-state index in [0.29, 0.717) is 33.0 Å². The highest BCUT2D eigenvalue weighted by Crippen LogP contribution is 2.29. The molecule has 2 amide bonds. The van der Waals surface area contributed by atoms with Gasteiger partial charge in [-0.25, -0.2) is 0 Å². The molecule has 0 atom stereocenters. The molecule has 0 fully saturated rings. The van der Waals surface area contributed by atoms with E-state index in [1.54, 1.807) is 29.9 Å². The third kappa shape index (κ3) is 6.56. The molecule has 11 heteroatoms. The summed E-state index contributed by atoms with van der Waals surface area (Å²) < 4.78 is 8.07. The van der Waals surface area contributed by atoms with Crippen molar-refractivity contribution in [3.05, 3.63) is 92.7 Å². The van der Waals surface area contributed by atoms with Crippen LogP contribution in [0.15, 0.2) is 70.3 Å². The maximum absolute atomic E-state index is 12.9. The molecule has 0 spiro atoms. The Bertz CT molecular complexity index is 1490. The Hall–Kier alpha value is -3.34. The van der Waals surface area contributed by atoms with Crippen molar-refractivity contribution in [3.63, 3.8) is 0 Å². The summed E-state index contributed by atoms with van der Waals surface area (Å²) in [6.07, 6.45) is 0. The number of carbonyl (C=O) groups is 2. The van der Waals surface area contributed by atoms with Crippen LogP contribution in [-0.2, 0) is 11.3 Å². The van der Waals surface area contributed by atoms with Crippen molar-refractivity contribution < 1.29 is 14.3 Å². The van der Waals surface area contributed by atoms with Crippen molar-refractivity contribution in [1.82, 2.24) is 20.1 Å². The minimum absolute atomic E-state index is 0.0714. The smallest absolute Gasteiger partial charge is 0.253 e. The molecular formula is C27H25BrClN5O3S. The summed E-state index contributed by atoms with van der Waals surface area (Å²) in [6, 6.07) is 18.4. The Balaban J connectivity index is 1.56. The van der Waals surface area contributed by atoms with Gasteiger partial charge in [0.05, 0.1) is 35.7 Å². The first-order valence-corrected chi connectivity index (χ1v) is 13.7. The molecule has 0 saturated heterocycles. The Morgan fingerprint density at radius 2 is 1.87 bits per heavy atom. The van der Waals surface area contributed by atoms with E-state index in [1.807, 2.05) is 56.3 Å². The van der Waals surface area contributed by atoms with Crippen molar-refractivity contribution in [2.24, 2.45) is 0 Å². The molecule has 4 rings (SSSR count). The fraction of sp³-hybridized carbons (Fsp3) is 0.185. The highest BCUT2D eigenvalue weighted by Gasteiger charge is 2.20. The molecule has 0 unspecified atom stereocenters. The first-order valence-electron chi connectivity index (χ1n) is 11.6. The molecule has 0 aliphatic heterocycles. The third-order valence-electron chi connectivity index (χ3n) is 5.61. The van der Waals surface area contributed by atoms with Crippen LogP contribution in [0.5, 0.6) is 5.75 Å². The standard InChI is InChI=1S/C27H25BrClN5O3S/c1-16-8-9-17(2)21(12-16)31-25(35)15-38-27-33-32-24(34(27)22-6-4-5-7-23(22)37-3)14-30-26(36)19-13-18(28)10-11-20(19)29/h4-13H,14-15H2,1-3H3,(H,30,36)(H,31,35). The van der Waals surface area contributed by atoms with E-state index in [-0.39, 0.29) is 24.1 Å². The van der Waals surface area contributed by atoms with Crippen LogP contribution in [0.4, 0.5) is 5.69 Å². The van der Waals surface area contributed by atoms with E-state index in [1.165, 1.54) is 11.8 Å². The molecule has 196 valence electrons. The van der Waals surface area contributed by atoms with E-state index in [0.717, 1.165) is 21.3 Å². The van der Waals surface area contributed by atoms with Gasteiger partial charge >= 0.3 is 0 Å². The lowest BCUT2D eigenvalue weighted by Crippen LogP contribution is -2.25. The van der Waals surface area contributed by atoms with Crippen LogP contribution in [0, 0.1) is 13.8 Å². The number of methoxy groups -OCH3 is 1. The molecule has 0 aliphatic rings. The van der Waals surface area contributed by atoms with Crippen LogP contribution in [0.3, 0.4) is 0 Å². The first-order chi connectivity index (χ1) is 18.3. The first kappa shape index (κ1) is 27.7. The molecular weight excluding hydrogens is 590 g/mol. The molecule has 38 heavy (non-hydrogen) atoms. The highest BCUT2D eigenvalue weighted by molar-refractivity contribution is 9.10. The summed E-state index contributed by atoms with van der Waals surface area (Å²) in [4.78, 5) is 25.6. The molecule has 1 heterocycles. The quantitative estimate of drug-likeness (QED) is 0.226. The molecule has 3 aromatic carbocycles. The van der Waals surface area contributed by atoms with Gasteiger partial charge in [-0.05, 0) is 61.4 Å². The average Bonchev–Trinajstić information content (AvgIpc) is 3.32. The van der Waals surface area contributed by atoms with E-state index < -0.39 is 0 Å². The van der Waals surface area contributed by atoms with Gasteiger partial charge in [-0.1, -0.05) is 63.6 Å². The second kappa shape index (κ2) is 12.5. The molecule has 4 aromatic rings. The van der Waals surface area contributed by atoms with Gasteiger partial charge in [0.15, 0.2) is 11.0 Å². The minimum Gasteiger partial charge on any atom is -0.495 e. The highest BCUT2D eigenvalue weighted by atomic mass is 79.9. The number of carbonyl (C=O) groups excluding carboxylic acids is 2. The number of halogens is 2. The fourth-order valence-electron chi connectivity index (χ4n) is 3.68. The number of aromatic nitrogens is 3. The van der Waals surface area contributed by atoms with E-state index in [4.69, 9.17) is 16.3 Å². The van der Waals surface area contributed by atoms with E-state index in [9.17, 15) is 9.59 Å². The molecule has 0 radical (unpaired) electrons. The lowest BCUT2D eigenvalue weighted by atomic mass is 10.1. The number of nitrogens with zero attached hydrogens (tertiary/aromatic N) is 3. The second-order valence-corrected chi connectivity index (χ2v) is 10.6. The average molecular weight is 615 g/mol. The zero-order valence-electron chi connectivity index (χ0n) is 20.9. The third-order valence-corrected chi connectivity index (χ3v) is 7.36. The summed E-state index contributed by atoms with van der Waals surface area (Å²) in [5.74, 6) is 0.647. The molecule has 8 nitrogen and oxygen atoms in total. The maximum atomic E-state index is 12.9. The van der Waals surface area contributed by atoms with Crippen LogP contribution in [0.2, 0.25) is 5.02 Å². The second-order valence-electron chi connectivity index (χ2n) is 8.37. The van der Waals surface area contributed by atoms with E-state index >= 15 is 0 Å². The number of benzene rings is 3. The number of aryl methyl sites for hydroxylation is 2. The number of hydrogen-bond donors (Lipinski definition) is 2. The zero-order chi connectivity index (χ0) is 27.2. The Morgan fingerprint density at radius 1 is 1.08 bits per heavy atom. The Kier molecular flexibility index (Phi) is 9.09. The van der Waals surface area contributed by atoms with Crippen LogP contribution >= 0.6 is 39.3 Å². The van der Waals surface area contributed by atoms with Crippen molar-refractivity contribution in [2.75, 3.05) is 18.2 Å². The number of amides is 2. The zero-order valence-corrected chi connectivity index (χ0v) is 24.1. The van der Waals surface area contributed by atoms with Crippen molar-refractivity contribution in [1.29, 1.82) is 0 Å². The molecule has 0 aliphatic carbocycles. The Labute approximate surface area is 238 Å².